The number of likely N-dealkylation sites (tertiary alicyclic amines) is 1. The predicted molar refractivity (Wildman–Crippen MR) is 108 cm³/mol. The highest BCUT2D eigenvalue weighted by Crippen LogP contribution is 2.39. The number of hydrogen-bond acceptors (Lipinski definition) is 3. The molecule has 2 aromatic carbocycles. The first-order valence-electron chi connectivity index (χ1n) is 9.84. The largest absolute Gasteiger partial charge is 0.306 e. The molecule has 28 heavy (non-hydrogen) atoms. The number of hydrogen-bond donors (Lipinski definition) is 0. The van der Waals surface area contributed by atoms with E-state index in [9.17, 15) is 4.39 Å². The highest BCUT2D eigenvalue weighted by Gasteiger charge is 2.38. The molecule has 2 aliphatic rings. The van der Waals surface area contributed by atoms with Gasteiger partial charge in [-0.3, -0.25) is 4.90 Å². The Bertz CT molecular complexity index is 984. The summed E-state index contributed by atoms with van der Waals surface area (Å²) in [5.41, 5.74) is 2.09. The second-order valence-corrected chi connectivity index (χ2v) is 8.23. The summed E-state index contributed by atoms with van der Waals surface area (Å²) in [6.45, 7) is 2.86. The molecule has 0 saturated carbocycles. The fourth-order valence-corrected chi connectivity index (χ4v) is 4.87. The summed E-state index contributed by atoms with van der Waals surface area (Å²) >= 11 is 6.38. The molecule has 0 spiro atoms. The molecule has 1 aromatic heterocycles. The van der Waals surface area contributed by atoms with Crippen LogP contribution in [0.25, 0.3) is 11.4 Å². The maximum Gasteiger partial charge on any atom is 0.164 e. The number of benzene rings is 2. The molecular weight excluding hydrogens is 375 g/mol. The van der Waals surface area contributed by atoms with Crippen LogP contribution in [0.15, 0.2) is 48.5 Å². The zero-order valence-electron chi connectivity index (χ0n) is 15.6. The van der Waals surface area contributed by atoms with E-state index in [2.05, 4.69) is 25.7 Å². The van der Waals surface area contributed by atoms with Gasteiger partial charge < -0.3 is 4.57 Å². The molecule has 0 radical (unpaired) electrons. The van der Waals surface area contributed by atoms with E-state index in [1.807, 2.05) is 18.2 Å². The Morgan fingerprint density at radius 2 is 1.86 bits per heavy atom. The van der Waals surface area contributed by atoms with Crippen molar-refractivity contribution in [1.82, 2.24) is 19.7 Å². The first-order chi connectivity index (χ1) is 13.7. The van der Waals surface area contributed by atoms with Crippen LogP contribution < -0.4 is 0 Å². The van der Waals surface area contributed by atoms with Crippen LogP contribution in [0.4, 0.5) is 4.39 Å². The average molecular weight is 397 g/mol. The molecule has 0 bridgehead atoms. The summed E-state index contributed by atoms with van der Waals surface area (Å²) in [7, 11) is 0. The molecule has 0 amide bonds. The molecule has 0 aliphatic carbocycles. The summed E-state index contributed by atoms with van der Waals surface area (Å²) in [5, 5.41) is 9.78. The summed E-state index contributed by atoms with van der Waals surface area (Å²) in [6.07, 6.45) is 3.27. The zero-order valence-corrected chi connectivity index (χ0v) is 16.3. The van der Waals surface area contributed by atoms with Gasteiger partial charge in [0.2, 0.25) is 0 Å². The Kier molecular flexibility index (Phi) is 4.65. The van der Waals surface area contributed by atoms with Crippen molar-refractivity contribution in [3.63, 3.8) is 0 Å². The zero-order chi connectivity index (χ0) is 19.1. The Hall–Kier alpha value is -2.24. The third-order valence-corrected chi connectivity index (χ3v) is 6.38. The molecule has 3 heterocycles. The highest BCUT2D eigenvalue weighted by molar-refractivity contribution is 6.31. The van der Waals surface area contributed by atoms with E-state index in [0.29, 0.717) is 12.0 Å². The maximum absolute atomic E-state index is 13.4. The van der Waals surface area contributed by atoms with Crippen molar-refractivity contribution in [2.75, 3.05) is 13.1 Å². The molecule has 2 aliphatic heterocycles. The van der Waals surface area contributed by atoms with E-state index in [1.54, 1.807) is 12.1 Å². The van der Waals surface area contributed by atoms with E-state index in [1.165, 1.54) is 24.1 Å². The Morgan fingerprint density at radius 1 is 1.04 bits per heavy atom. The minimum absolute atomic E-state index is 0.232. The van der Waals surface area contributed by atoms with Crippen molar-refractivity contribution in [2.24, 2.45) is 5.92 Å². The molecule has 144 valence electrons. The molecule has 5 rings (SSSR count). The normalized spacial score (nSPS) is 21.9. The summed E-state index contributed by atoms with van der Waals surface area (Å²) in [4.78, 5) is 2.49. The quantitative estimate of drug-likeness (QED) is 0.640. The fraction of sp³-hybridized carbons (Fsp3) is 0.364. The van der Waals surface area contributed by atoms with E-state index in [4.69, 9.17) is 11.6 Å². The Labute approximate surface area is 169 Å². The lowest BCUT2D eigenvalue weighted by molar-refractivity contribution is 0.309. The molecule has 0 N–H and O–H groups in total. The summed E-state index contributed by atoms with van der Waals surface area (Å²) < 4.78 is 15.7. The van der Waals surface area contributed by atoms with Gasteiger partial charge in [0, 0.05) is 36.6 Å². The van der Waals surface area contributed by atoms with Crippen LogP contribution in [0.1, 0.15) is 30.3 Å². The molecular formula is C22H22ClFN4. The van der Waals surface area contributed by atoms with Crippen LogP contribution in [0.3, 0.4) is 0 Å². The lowest BCUT2D eigenvalue weighted by atomic mass is 9.98. The van der Waals surface area contributed by atoms with Gasteiger partial charge in [-0.1, -0.05) is 29.8 Å². The number of fused-ring (bicyclic) bond motifs is 3. The van der Waals surface area contributed by atoms with Gasteiger partial charge in [-0.25, -0.2) is 4.39 Å². The van der Waals surface area contributed by atoms with Gasteiger partial charge in [0.15, 0.2) is 5.82 Å². The molecule has 2 atom stereocenters. The maximum atomic E-state index is 13.4. The Balaban J connectivity index is 1.46. The van der Waals surface area contributed by atoms with Gasteiger partial charge >= 0.3 is 0 Å². The van der Waals surface area contributed by atoms with Crippen molar-refractivity contribution >= 4 is 11.6 Å². The van der Waals surface area contributed by atoms with Crippen molar-refractivity contribution in [1.29, 1.82) is 0 Å². The summed E-state index contributed by atoms with van der Waals surface area (Å²) in [6, 6.07) is 15.0. The minimum Gasteiger partial charge on any atom is -0.306 e. The third-order valence-electron chi connectivity index (χ3n) is 6.01. The fourth-order valence-electron chi connectivity index (χ4n) is 4.67. The van der Waals surface area contributed by atoms with Crippen LogP contribution in [-0.2, 0) is 13.0 Å². The molecule has 3 aromatic rings. The van der Waals surface area contributed by atoms with Crippen molar-refractivity contribution in [3.8, 4) is 11.4 Å². The molecule has 1 fully saturated rings. The monoisotopic (exact) mass is 396 g/mol. The average Bonchev–Trinajstić information content (AvgIpc) is 3.24. The van der Waals surface area contributed by atoms with E-state index >= 15 is 0 Å². The molecule has 0 unspecified atom stereocenters. The standard InChI is InChI=1S/C22H22ClFN4/c23-19-6-2-1-4-16(19)12-27-13-17-5-3-7-21-25-26-22(28(21)20(17)14-27)15-8-10-18(24)11-9-15/h1-2,4,6,8-11,17,20H,3,5,7,12-14H2/t17-,20+/m1/s1. The van der Waals surface area contributed by atoms with E-state index < -0.39 is 0 Å². The first-order valence-corrected chi connectivity index (χ1v) is 10.2. The van der Waals surface area contributed by atoms with Gasteiger partial charge in [-0.2, -0.15) is 0 Å². The lowest BCUT2D eigenvalue weighted by Gasteiger charge is -2.20. The van der Waals surface area contributed by atoms with Crippen LogP contribution in [0.5, 0.6) is 0 Å². The topological polar surface area (TPSA) is 34.0 Å². The SMILES string of the molecule is Fc1ccc(-c2nnc3n2[C@H]2CN(Cc4ccccc4Cl)C[C@H]2CCC3)cc1. The predicted octanol–water partition coefficient (Wildman–Crippen LogP) is 4.75. The van der Waals surface area contributed by atoms with Crippen molar-refractivity contribution < 1.29 is 4.39 Å². The minimum atomic E-state index is -0.232. The number of halogens is 2. The van der Waals surface area contributed by atoms with Crippen molar-refractivity contribution in [2.45, 2.75) is 31.8 Å². The van der Waals surface area contributed by atoms with E-state index in [-0.39, 0.29) is 5.82 Å². The Morgan fingerprint density at radius 3 is 2.68 bits per heavy atom. The molecule has 1 saturated heterocycles. The van der Waals surface area contributed by atoms with Crippen molar-refractivity contribution in [3.05, 3.63) is 70.8 Å². The lowest BCUT2D eigenvalue weighted by Crippen LogP contribution is -2.22. The molecule has 6 heteroatoms. The van der Waals surface area contributed by atoms with Gasteiger partial charge in [0.05, 0.1) is 6.04 Å². The number of aromatic nitrogens is 3. The smallest absolute Gasteiger partial charge is 0.164 e. The van der Waals surface area contributed by atoms with Gasteiger partial charge in [0.25, 0.3) is 0 Å². The van der Waals surface area contributed by atoms with Gasteiger partial charge in [0.1, 0.15) is 11.6 Å². The van der Waals surface area contributed by atoms with Gasteiger partial charge in [-0.05, 0) is 54.7 Å². The first kappa shape index (κ1) is 17.8. The summed E-state index contributed by atoms with van der Waals surface area (Å²) in [5.74, 6) is 2.24. The molecule has 4 nitrogen and oxygen atoms in total. The highest BCUT2D eigenvalue weighted by atomic mass is 35.5. The third kappa shape index (κ3) is 3.23. The van der Waals surface area contributed by atoms with Gasteiger partial charge in [-0.15, -0.1) is 10.2 Å². The second kappa shape index (κ2) is 7.30. The van der Waals surface area contributed by atoms with Crippen LogP contribution in [-0.4, -0.2) is 32.8 Å². The number of nitrogens with zero attached hydrogens (tertiary/aromatic N) is 4. The van der Waals surface area contributed by atoms with Crippen LogP contribution in [0.2, 0.25) is 5.02 Å². The van der Waals surface area contributed by atoms with Crippen LogP contribution >= 0.6 is 11.6 Å². The second-order valence-electron chi connectivity index (χ2n) is 7.82. The number of aryl methyl sites for hydroxylation is 1. The van der Waals surface area contributed by atoms with Crippen LogP contribution in [0, 0.1) is 11.7 Å². The number of rotatable bonds is 3. The van der Waals surface area contributed by atoms with E-state index in [0.717, 1.165) is 54.7 Å².